The molecule has 2 aromatic heterocycles. The lowest BCUT2D eigenvalue weighted by Gasteiger charge is -2.28. The van der Waals surface area contributed by atoms with E-state index >= 15 is 0 Å². The van der Waals surface area contributed by atoms with Crippen LogP contribution in [0.4, 0.5) is 10.9 Å². The zero-order valence-electron chi connectivity index (χ0n) is 16.1. The Kier molecular flexibility index (Phi) is 6.94. The highest BCUT2D eigenvalue weighted by molar-refractivity contribution is 7.13. The van der Waals surface area contributed by atoms with Crippen molar-refractivity contribution in [3.05, 3.63) is 35.0 Å². The molecule has 0 saturated carbocycles. The van der Waals surface area contributed by atoms with Gasteiger partial charge in [0.2, 0.25) is 11.8 Å². The molecule has 9 heteroatoms. The van der Waals surface area contributed by atoms with Crippen LogP contribution in [0.25, 0.3) is 0 Å². The summed E-state index contributed by atoms with van der Waals surface area (Å²) >= 11 is 1.32. The van der Waals surface area contributed by atoms with Crippen molar-refractivity contribution in [1.29, 1.82) is 0 Å². The number of hydrogen-bond donors (Lipinski definition) is 2. The molecule has 0 spiro atoms. The minimum Gasteiger partial charge on any atom is -0.378 e. The smallest absolute Gasteiger partial charge is 0.228 e. The summed E-state index contributed by atoms with van der Waals surface area (Å²) in [6.45, 7) is 7.12. The lowest BCUT2D eigenvalue weighted by atomic mass is 10.2. The number of hydrogen-bond acceptors (Lipinski definition) is 7. The molecule has 2 N–H and O–H groups in total. The van der Waals surface area contributed by atoms with E-state index in [1.807, 2.05) is 26.0 Å². The van der Waals surface area contributed by atoms with Crippen LogP contribution in [0.1, 0.15) is 25.1 Å². The van der Waals surface area contributed by atoms with Gasteiger partial charge in [0.25, 0.3) is 0 Å². The number of nitrogens with one attached hydrogen (secondary N) is 2. The summed E-state index contributed by atoms with van der Waals surface area (Å²) in [5, 5.41) is 7.97. The first-order valence-corrected chi connectivity index (χ1v) is 10.2. The summed E-state index contributed by atoms with van der Waals surface area (Å²) in [7, 11) is 0. The number of carbonyl (C=O) groups excluding carboxylic acids is 2. The maximum Gasteiger partial charge on any atom is 0.228 e. The molecule has 150 valence electrons. The number of thiazole rings is 1. The third-order valence-electron chi connectivity index (χ3n) is 4.28. The zero-order chi connectivity index (χ0) is 19.9. The van der Waals surface area contributed by atoms with Gasteiger partial charge in [0.1, 0.15) is 5.82 Å². The van der Waals surface area contributed by atoms with Crippen LogP contribution in [0.3, 0.4) is 0 Å². The van der Waals surface area contributed by atoms with Gasteiger partial charge in [-0.3, -0.25) is 9.59 Å². The highest BCUT2D eigenvalue weighted by Crippen LogP contribution is 2.17. The van der Waals surface area contributed by atoms with Gasteiger partial charge in [0.15, 0.2) is 5.13 Å². The second-order valence-corrected chi connectivity index (χ2v) is 7.72. The van der Waals surface area contributed by atoms with E-state index in [9.17, 15) is 9.59 Å². The number of nitrogens with zero attached hydrogens (tertiary/aromatic N) is 3. The number of rotatable bonds is 7. The number of ether oxygens (including phenoxy) is 1. The van der Waals surface area contributed by atoms with Crippen LogP contribution < -0.4 is 15.5 Å². The van der Waals surface area contributed by atoms with E-state index in [1.165, 1.54) is 11.3 Å². The van der Waals surface area contributed by atoms with Gasteiger partial charge in [-0.05, 0) is 17.7 Å². The summed E-state index contributed by atoms with van der Waals surface area (Å²) in [6, 6.07) is 3.89. The van der Waals surface area contributed by atoms with Gasteiger partial charge >= 0.3 is 0 Å². The number of aromatic nitrogens is 2. The molecular formula is C19H25N5O3S. The SMILES string of the molecule is CC(C)C(=O)Nc1nc(CC(=O)NCc2ccnc(N3CCOCC3)c2)cs1. The number of amides is 2. The topological polar surface area (TPSA) is 96.5 Å². The summed E-state index contributed by atoms with van der Waals surface area (Å²) in [6.07, 6.45) is 1.94. The molecule has 0 bridgehead atoms. The summed E-state index contributed by atoms with van der Waals surface area (Å²) in [4.78, 5) is 34.8. The molecule has 1 saturated heterocycles. The number of anilines is 2. The van der Waals surface area contributed by atoms with Crippen LogP contribution in [0, 0.1) is 5.92 Å². The molecule has 1 fully saturated rings. The Morgan fingerprint density at radius 1 is 1.32 bits per heavy atom. The maximum atomic E-state index is 12.2. The van der Waals surface area contributed by atoms with E-state index in [1.54, 1.807) is 11.6 Å². The Hall–Kier alpha value is -2.52. The molecule has 8 nitrogen and oxygen atoms in total. The van der Waals surface area contributed by atoms with Crippen LogP contribution >= 0.6 is 11.3 Å². The molecule has 2 aromatic rings. The molecule has 0 aromatic carbocycles. The Labute approximate surface area is 168 Å². The molecule has 0 radical (unpaired) electrons. The predicted molar refractivity (Wildman–Crippen MR) is 108 cm³/mol. The van der Waals surface area contributed by atoms with Crippen molar-refractivity contribution in [2.45, 2.75) is 26.8 Å². The van der Waals surface area contributed by atoms with Crippen molar-refractivity contribution in [2.75, 3.05) is 36.5 Å². The minimum absolute atomic E-state index is 0.0842. The third kappa shape index (κ3) is 5.74. The van der Waals surface area contributed by atoms with E-state index in [0.29, 0.717) is 30.6 Å². The van der Waals surface area contributed by atoms with Crippen LogP contribution in [-0.2, 0) is 27.3 Å². The Balaban J connectivity index is 1.49. The Morgan fingerprint density at radius 3 is 2.86 bits per heavy atom. The van der Waals surface area contributed by atoms with Crippen molar-refractivity contribution >= 4 is 34.1 Å². The molecule has 1 aliphatic heterocycles. The van der Waals surface area contributed by atoms with E-state index in [-0.39, 0.29) is 24.2 Å². The van der Waals surface area contributed by atoms with Crippen molar-refractivity contribution in [3.8, 4) is 0 Å². The highest BCUT2D eigenvalue weighted by Gasteiger charge is 2.14. The first-order chi connectivity index (χ1) is 13.5. The van der Waals surface area contributed by atoms with Gasteiger partial charge in [0, 0.05) is 37.1 Å². The second kappa shape index (κ2) is 9.61. The Morgan fingerprint density at radius 2 is 2.11 bits per heavy atom. The fraction of sp³-hybridized carbons (Fsp3) is 0.474. The van der Waals surface area contributed by atoms with Gasteiger partial charge in [-0.1, -0.05) is 13.8 Å². The first kappa shape index (κ1) is 20.2. The molecule has 0 atom stereocenters. The summed E-state index contributed by atoms with van der Waals surface area (Å²) in [5.74, 6) is 0.592. The lowest BCUT2D eigenvalue weighted by Crippen LogP contribution is -2.36. The maximum absolute atomic E-state index is 12.2. The number of morpholine rings is 1. The van der Waals surface area contributed by atoms with Gasteiger partial charge < -0.3 is 20.3 Å². The normalized spacial score (nSPS) is 14.2. The first-order valence-electron chi connectivity index (χ1n) is 9.31. The Bertz CT molecular complexity index is 817. The fourth-order valence-corrected chi connectivity index (χ4v) is 3.37. The van der Waals surface area contributed by atoms with Crippen molar-refractivity contribution in [3.63, 3.8) is 0 Å². The van der Waals surface area contributed by atoms with Crippen LogP contribution in [0.15, 0.2) is 23.7 Å². The molecule has 0 aliphatic carbocycles. The van der Waals surface area contributed by atoms with Crippen molar-refractivity contribution in [1.82, 2.24) is 15.3 Å². The average Bonchev–Trinajstić information content (AvgIpc) is 3.14. The van der Waals surface area contributed by atoms with Gasteiger partial charge in [-0.15, -0.1) is 11.3 Å². The predicted octanol–water partition coefficient (Wildman–Crippen LogP) is 1.83. The van der Waals surface area contributed by atoms with Crippen LogP contribution in [-0.4, -0.2) is 48.1 Å². The molecule has 0 unspecified atom stereocenters. The second-order valence-electron chi connectivity index (χ2n) is 6.86. The minimum atomic E-state index is -0.114. The average molecular weight is 404 g/mol. The van der Waals surface area contributed by atoms with E-state index < -0.39 is 0 Å². The quantitative estimate of drug-likeness (QED) is 0.732. The largest absolute Gasteiger partial charge is 0.378 e. The summed E-state index contributed by atoms with van der Waals surface area (Å²) < 4.78 is 5.37. The highest BCUT2D eigenvalue weighted by atomic mass is 32.1. The third-order valence-corrected chi connectivity index (χ3v) is 5.09. The van der Waals surface area contributed by atoms with E-state index in [4.69, 9.17) is 4.74 Å². The van der Waals surface area contributed by atoms with Crippen molar-refractivity contribution in [2.24, 2.45) is 5.92 Å². The van der Waals surface area contributed by atoms with Gasteiger partial charge in [0.05, 0.1) is 25.3 Å². The van der Waals surface area contributed by atoms with E-state index in [2.05, 4.69) is 25.5 Å². The fourth-order valence-electron chi connectivity index (χ4n) is 2.66. The molecule has 2 amide bonds. The number of carbonyl (C=O) groups is 2. The molecular weight excluding hydrogens is 378 g/mol. The molecule has 3 heterocycles. The van der Waals surface area contributed by atoms with Crippen LogP contribution in [0.5, 0.6) is 0 Å². The van der Waals surface area contributed by atoms with Crippen molar-refractivity contribution < 1.29 is 14.3 Å². The molecule has 1 aliphatic rings. The standard InChI is InChI=1S/C19H25N5O3S/c1-13(2)18(26)23-19-22-15(12-28-19)10-17(25)21-11-14-3-4-20-16(9-14)24-5-7-27-8-6-24/h3-4,9,12-13H,5-8,10-11H2,1-2H3,(H,21,25)(H,22,23,26). The van der Waals surface area contributed by atoms with E-state index in [0.717, 1.165) is 24.5 Å². The molecule has 28 heavy (non-hydrogen) atoms. The molecule has 3 rings (SSSR count). The summed E-state index contributed by atoms with van der Waals surface area (Å²) in [5.41, 5.74) is 1.64. The van der Waals surface area contributed by atoms with Gasteiger partial charge in [-0.25, -0.2) is 9.97 Å². The van der Waals surface area contributed by atoms with Crippen LogP contribution in [0.2, 0.25) is 0 Å². The van der Waals surface area contributed by atoms with Gasteiger partial charge in [-0.2, -0.15) is 0 Å². The lowest BCUT2D eigenvalue weighted by molar-refractivity contribution is -0.120. The number of pyridine rings is 1. The zero-order valence-corrected chi connectivity index (χ0v) is 16.9. The monoisotopic (exact) mass is 403 g/mol.